The van der Waals surface area contributed by atoms with Gasteiger partial charge in [0.05, 0.1) is 21.4 Å². The van der Waals surface area contributed by atoms with E-state index in [2.05, 4.69) is 5.10 Å². The third kappa shape index (κ3) is 3.79. The molecule has 1 aliphatic heterocycles. The SMILES string of the molecule is Cc1nn(C)c(C)c1S(=O)(=O)N1CCC(Cc2ccc(Cl)c(Cl)c2)CC1. The van der Waals surface area contributed by atoms with Crippen molar-refractivity contribution < 1.29 is 8.42 Å². The summed E-state index contributed by atoms with van der Waals surface area (Å²) >= 11 is 12.1. The van der Waals surface area contributed by atoms with E-state index in [0.29, 0.717) is 45.3 Å². The maximum Gasteiger partial charge on any atom is 0.246 e. The summed E-state index contributed by atoms with van der Waals surface area (Å²) in [6.45, 7) is 4.60. The highest BCUT2D eigenvalue weighted by atomic mass is 35.5. The van der Waals surface area contributed by atoms with Gasteiger partial charge in [-0.1, -0.05) is 29.3 Å². The lowest BCUT2D eigenvalue weighted by Gasteiger charge is -2.31. The molecule has 0 atom stereocenters. The van der Waals surface area contributed by atoms with Crippen LogP contribution in [0.15, 0.2) is 23.1 Å². The molecule has 0 radical (unpaired) electrons. The second-order valence-corrected chi connectivity index (χ2v) is 9.61. The van der Waals surface area contributed by atoms with Gasteiger partial charge in [-0.15, -0.1) is 0 Å². The summed E-state index contributed by atoms with van der Waals surface area (Å²) in [5.74, 6) is 0.440. The highest BCUT2D eigenvalue weighted by Crippen LogP contribution is 2.30. The fourth-order valence-corrected chi connectivity index (χ4v) is 5.80. The molecule has 5 nitrogen and oxygen atoms in total. The first-order chi connectivity index (χ1) is 12.2. The van der Waals surface area contributed by atoms with E-state index < -0.39 is 10.0 Å². The molecule has 0 unspecified atom stereocenters. The van der Waals surface area contributed by atoms with Crippen LogP contribution in [0.2, 0.25) is 10.0 Å². The largest absolute Gasteiger partial charge is 0.271 e. The van der Waals surface area contributed by atoms with Crippen LogP contribution in [-0.2, 0) is 23.5 Å². The van der Waals surface area contributed by atoms with Gasteiger partial charge in [-0.3, -0.25) is 4.68 Å². The Morgan fingerprint density at radius 3 is 2.35 bits per heavy atom. The minimum Gasteiger partial charge on any atom is -0.271 e. The Morgan fingerprint density at radius 1 is 1.15 bits per heavy atom. The predicted octanol–water partition coefficient (Wildman–Crippen LogP) is 3.99. The van der Waals surface area contributed by atoms with Crippen LogP contribution in [0.3, 0.4) is 0 Å². The van der Waals surface area contributed by atoms with Crippen molar-refractivity contribution >= 4 is 33.2 Å². The second kappa shape index (κ2) is 7.50. The maximum absolute atomic E-state index is 13.0. The van der Waals surface area contributed by atoms with E-state index in [4.69, 9.17) is 23.2 Å². The van der Waals surface area contributed by atoms with E-state index in [1.165, 1.54) is 0 Å². The van der Waals surface area contributed by atoms with Gasteiger partial charge in [0.1, 0.15) is 4.90 Å². The Morgan fingerprint density at radius 2 is 1.81 bits per heavy atom. The van der Waals surface area contributed by atoms with Crippen molar-refractivity contribution in [2.45, 2.75) is 38.0 Å². The summed E-state index contributed by atoms with van der Waals surface area (Å²) in [4.78, 5) is 0.350. The number of piperidine rings is 1. The van der Waals surface area contributed by atoms with Gasteiger partial charge in [0.2, 0.25) is 10.0 Å². The zero-order valence-electron chi connectivity index (χ0n) is 15.2. The standard InChI is InChI=1S/C18H23Cl2N3O2S/c1-12-18(13(2)22(3)21-12)26(24,25)23-8-6-14(7-9-23)10-15-4-5-16(19)17(20)11-15/h4-5,11,14H,6-10H2,1-3H3. The van der Waals surface area contributed by atoms with E-state index in [1.807, 2.05) is 18.2 Å². The van der Waals surface area contributed by atoms with Gasteiger partial charge < -0.3 is 0 Å². The van der Waals surface area contributed by atoms with Crippen LogP contribution in [0.4, 0.5) is 0 Å². The molecule has 0 spiro atoms. The second-order valence-electron chi connectivity index (χ2n) is 6.92. The molecule has 0 bridgehead atoms. The predicted molar refractivity (Wildman–Crippen MR) is 104 cm³/mol. The fraction of sp³-hybridized carbons (Fsp3) is 0.500. The molecule has 26 heavy (non-hydrogen) atoms. The van der Waals surface area contributed by atoms with Crippen molar-refractivity contribution in [1.29, 1.82) is 0 Å². The van der Waals surface area contributed by atoms with Crippen molar-refractivity contribution in [3.8, 4) is 0 Å². The first-order valence-corrected chi connectivity index (χ1v) is 10.8. The Hall–Kier alpha value is -1.08. The molecular weight excluding hydrogens is 393 g/mol. The van der Waals surface area contributed by atoms with E-state index in [0.717, 1.165) is 24.8 Å². The quantitative estimate of drug-likeness (QED) is 0.758. The summed E-state index contributed by atoms with van der Waals surface area (Å²) in [6.07, 6.45) is 2.55. The van der Waals surface area contributed by atoms with Gasteiger partial charge in [0, 0.05) is 20.1 Å². The Bertz CT molecular complexity index is 917. The van der Waals surface area contributed by atoms with Crippen molar-refractivity contribution in [2.75, 3.05) is 13.1 Å². The van der Waals surface area contributed by atoms with Crippen LogP contribution in [0.5, 0.6) is 0 Å². The molecule has 2 aromatic rings. The zero-order valence-corrected chi connectivity index (χ0v) is 17.5. The number of hydrogen-bond acceptors (Lipinski definition) is 3. The van der Waals surface area contributed by atoms with Gasteiger partial charge in [-0.25, -0.2) is 8.42 Å². The van der Waals surface area contributed by atoms with Gasteiger partial charge in [0.15, 0.2) is 0 Å². The highest BCUT2D eigenvalue weighted by Gasteiger charge is 2.33. The molecule has 1 aliphatic rings. The third-order valence-corrected chi connectivity index (χ3v) is 8.01. The van der Waals surface area contributed by atoms with E-state index in [-0.39, 0.29) is 0 Å². The average Bonchev–Trinajstić information content (AvgIpc) is 2.84. The van der Waals surface area contributed by atoms with Crippen LogP contribution in [-0.4, -0.2) is 35.6 Å². The molecule has 8 heteroatoms. The van der Waals surface area contributed by atoms with Gasteiger partial charge >= 0.3 is 0 Å². The van der Waals surface area contributed by atoms with Crippen LogP contribution >= 0.6 is 23.2 Å². The van der Waals surface area contributed by atoms with Crippen molar-refractivity contribution in [2.24, 2.45) is 13.0 Å². The average molecular weight is 416 g/mol. The van der Waals surface area contributed by atoms with E-state index in [9.17, 15) is 8.42 Å². The van der Waals surface area contributed by atoms with Crippen LogP contribution in [0.25, 0.3) is 0 Å². The summed E-state index contributed by atoms with van der Waals surface area (Å²) in [7, 11) is -1.73. The summed E-state index contributed by atoms with van der Waals surface area (Å²) in [5.41, 5.74) is 2.38. The topological polar surface area (TPSA) is 55.2 Å². The van der Waals surface area contributed by atoms with Crippen LogP contribution < -0.4 is 0 Å². The lowest BCUT2D eigenvalue weighted by Crippen LogP contribution is -2.39. The number of aryl methyl sites for hydroxylation is 2. The lowest BCUT2D eigenvalue weighted by molar-refractivity contribution is 0.272. The summed E-state index contributed by atoms with van der Waals surface area (Å²) < 4.78 is 29.3. The molecule has 1 aromatic carbocycles. The molecule has 3 rings (SSSR count). The number of halogens is 2. The molecule has 1 aromatic heterocycles. The normalized spacial score (nSPS) is 17.0. The number of aromatic nitrogens is 2. The maximum atomic E-state index is 13.0. The van der Waals surface area contributed by atoms with Crippen molar-refractivity contribution in [3.05, 3.63) is 45.2 Å². The Labute approximate surface area is 165 Å². The number of hydrogen-bond donors (Lipinski definition) is 0. The molecule has 2 heterocycles. The molecular formula is C18H23Cl2N3O2S. The first kappa shape index (κ1) is 19.7. The Kier molecular flexibility index (Phi) is 5.68. The van der Waals surface area contributed by atoms with Crippen molar-refractivity contribution in [1.82, 2.24) is 14.1 Å². The molecule has 0 aliphatic carbocycles. The fourth-order valence-electron chi connectivity index (χ4n) is 3.61. The molecule has 1 fully saturated rings. The molecule has 1 saturated heterocycles. The number of benzene rings is 1. The number of sulfonamides is 1. The minimum absolute atomic E-state index is 0.350. The van der Waals surface area contributed by atoms with Gasteiger partial charge in [-0.05, 0) is 56.7 Å². The first-order valence-electron chi connectivity index (χ1n) is 8.64. The molecule has 0 N–H and O–H groups in total. The molecule has 142 valence electrons. The minimum atomic E-state index is -3.50. The monoisotopic (exact) mass is 415 g/mol. The Balaban J connectivity index is 1.68. The lowest BCUT2D eigenvalue weighted by atomic mass is 9.91. The van der Waals surface area contributed by atoms with Gasteiger partial charge in [-0.2, -0.15) is 9.40 Å². The number of nitrogens with zero attached hydrogens (tertiary/aromatic N) is 3. The third-order valence-electron chi connectivity index (χ3n) is 5.12. The van der Waals surface area contributed by atoms with Gasteiger partial charge in [0.25, 0.3) is 0 Å². The van der Waals surface area contributed by atoms with Crippen LogP contribution in [0.1, 0.15) is 29.8 Å². The van der Waals surface area contributed by atoms with Crippen LogP contribution in [0, 0.1) is 19.8 Å². The molecule has 0 saturated carbocycles. The van der Waals surface area contributed by atoms with Crippen molar-refractivity contribution in [3.63, 3.8) is 0 Å². The van der Waals surface area contributed by atoms with E-state index in [1.54, 1.807) is 29.9 Å². The summed E-state index contributed by atoms with van der Waals surface area (Å²) in [6, 6.07) is 5.70. The highest BCUT2D eigenvalue weighted by molar-refractivity contribution is 7.89. The number of rotatable bonds is 4. The molecule has 0 amide bonds. The zero-order chi connectivity index (χ0) is 19.1. The summed E-state index contributed by atoms with van der Waals surface area (Å²) in [5, 5.41) is 5.36. The van der Waals surface area contributed by atoms with E-state index >= 15 is 0 Å². The smallest absolute Gasteiger partial charge is 0.246 e.